The van der Waals surface area contributed by atoms with E-state index in [0.717, 1.165) is 5.56 Å². The Morgan fingerprint density at radius 3 is 2.21 bits per heavy atom. The van der Waals surface area contributed by atoms with Gasteiger partial charge in [0.25, 0.3) is 0 Å². The third-order valence-electron chi connectivity index (χ3n) is 3.79. The first-order valence-corrected chi connectivity index (χ1v) is 6.65. The van der Waals surface area contributed by atoms with Crippen LogP contribution in [0.15, 0.2) is 24.3 Å². The number of hydrogen-bond acceptors (Lipinski definition) is 3. The minimum Gasteiger partial charge on any atom is -0.480 e. The van der Waals surface area contributed by atoms with E-state index in [9.17, 15) is 9.90 Å². The van der Waals surface area contributed by atoms with Gasteiger partial charge < -0.3 is 5.11 Å². The Labute approximate surface area is 114 Å². The van der Waals surface area contributed by atoms with E-state index in [1.54, 1.807) is 0 Å². The molecule has 1 fully saturated rings. The molecule has 0 radical (unpaired) electrons. The van der Waals surface area contributed by atoms with Crippen LogP contribution in [0.4, 0.5) is 0 Å². The molecule has 0 bridgehead atoms. The number of carboxylic acid groups (broad SMARTS) is 1. The smallest absolute Gasteiger partial charge is 0.322 e. The zero-order valence-corrected chi connectivity index (χ0v) is 11.9. The first-order chi connectivity index (χ1) is 8.80. The fourth-order valence-electron chi connectivity index (χ4n) is 2.59. The number of benzene rings is 1. The molecule has 0 spiro atoms. The minimum absolute atomic E-state index is 0.0495. The van der Waals surface area contributed by atoms with Crippen LogP contribution in [0.3, 0.4) is 0 Å². The average Bonchev–Trinajstić information content (AvgIpc) is 2.70. The molecule has 2 rings (SSSR count). The number of rotatable bonds is 2. The van der Waals surface area contributed by atoms with Crippen molar-refractivity contribution in [2.24, 2.45) is 0 Å². The van der Waals surface area contributed by atoms with Crippen LogP contribution in [0.1, 0.15) is 44.7 Å². The lowest BCUT2D eigenvalue weighted by molar-refractivity contribution is -0.139. The second kappa shape index (κ2) is 4.94. The van der Waals surface area contributed by atoms with Crippen molar-refractivity contribution in [2.45, 2.75) is 51.1 Å². The molecule has 0 saturated carbocycles. The highest BCUT2D eigenvalue weighted by molar-refractivity contribution is 5.75. The summed E-state index contributed by atoms with van der Waals surface area (Å²) in [6, 6.07) is 7.81. The molecule has 3 N–H and O–H groups in total. The highest BCUT2D eigenvalue weighted by Crippen LogP contribution is 2.30. The Balaban J connectivity index is 2.28. The van der Waals surface area contributed by atoms with Crippen molar-refractivity contribution in [1.82, 2.24) is 10.9 Å². The van der Waals surface area contributed by atoms with Crippen molar-refractivity contribution in [2.75, 3.05) is 0 Å². The predicted octanol–water partition coefficient (Wildman–Crippen LogP) is 2.02. The molecule has 0 amide bonds. The van der Waals surface area contributed by atoms with Crippen LogP contribution >= 0.6 is 0 Å². The maximum Gasteiger partial charge on any atom is 0.322 e. The summed E-state index contributed by atoms with van der Waals surface area (Å²) in [5.41, 5.74) is 8.30. The van der Waals surface area contributed by atoms with Crippen molar-refractivity contribution in [3.8, 4) is 0 Å². The SMILES string of the molecule is CC1NNC(C(=O)O)C1c1ccc(C(C)(C)C)cc1. The van der Waals surface area contributed by atoms with E-state index >= 15 is 0 Å². The zero-order chi connectivity index (χ0) is 14.2. The lowest BCUT2D eigenvalue weighted by Crippen LogP contribution is -2.38. The van der Waals surface area contributed by atoms with Gasteiger partial charge in [-0.2, -0.15) is 0 Å². The van der Waals surface area contributed by atoms with Gasteiger partial charge in [-0.25, -0.2) is 5.43 Å². The second-order valence-corrected chi connectivity index (χ2v) is 6.29. The normalized spacial score (nSPS) is 27.5. The number of hydrazine groups is 1. The molecule has 104 valence electrons. The monoisotopic (exact) mass is 262 g/mol. The van der Waals surface area contributed by atoms with E-state index in [1.807, 2.05) is 19.1 Å². The summed E-state index contributed by atoms with van der Waals surface area (Å²) < 4.78 is 0. The van der Waals surface area contributed by atoms with Gasteiger partial charge in [-0.3, -0.25) is 10.2 Å². The van der Waals surface area contributed by atoms with Crippen molar-refractivity contribution in [1.29, 1.82) is 0 Å². The molecule has 4 heteroatoms. The van der Waals surface area contributed by atoms with Crippen LogP contribution in [-0.4, -0.2) is 23.2 Å². The van der Waals surface area contributed by atoms with E-state index in [1.165, 1.54) is 5.56 Å². The molecular formula is C15H22N2O2. The number of carboxylic acids is 1. The quantitative estimate of drug-likeness (QED) is 0.763. The van der Waals surface area contributed by atoms with Gasteiger partial charge in [-0.1, -0.05) is 45.0 Å². The van der Waals surface area contributed by atoms with Gasteiger partial charge in [-0.05, 0) is 23.5 Å². The fraction of sp³-hybridized carbons (Fsp3) is 0.533. The van der Waals surface area contributed by atoms with Crippen molar-refractivity contribution < 1.29 is 9.90 Å². The predicted molar refractivity (Wildman–Crippen MR) is 75.0 cm³/mol. The highest BCUT2D eigenvalue weighted by Gasteiger charge is 2.38. The number of carbonyl (C=O) groups is 1. The van der Waals surface area contributed by atoms with Crippen molar-refractivity contribution >= 4 is 5.97 Å². The third kappa shape index (κ3) is 2.80. The van der Waals surface area contributed by atoms with E-state index in [4.69, 9.17) is 0 Å². The first-order valence-electron chi connectivity index (χ1n) is 6.65. The molecule has 1 aliphatic rings. The molecule has 4 nitrogen and oxygen atoms in total. The van der Waals surface area contributed by atoms with Crippen LogP contribution in [0.5, 0.6) is 0 Å². The molecule has 1 aromatic rings. The summed E-state index contributed by atoms with van der Waals surface area (Å²) in [6.07, 6.45) is 0. The molecule has 3 unspecified atom stereocenters. The summed E-state index contributed by atoms with van der Waals surface area (Å²) in [5, 5.41) is 9.24. The Bertz CT molecular complexity index is 462. The molecule has 19 heavy (non-hydrogen) atoms. The van der Waals surface area contributed by atoms with Crippen LogP contribution in [-0.2, 0) is 10.2 Å². The average molecular weight is 262 g/mol. The number of hydrogen-bond donors (Lipinski definition) is 3. The van der Waals surface area contributed by atoms with Gasteiger partial charge in [0, 0.05) is 12.0 Å². The van der Waals surface area contributed by atoms with Gasteiger partial charge in [0.2, 0.25) is 0 Å². The maximum atomic E-state index is 11.3. The molecule has 0 aromatic heterocycles. The Morgan fingerprint density at radius 2 is 1.74 bits per heavy atom. The molecule has 1 aliphatic heterocycles. The minimum atomic E-state index is -0.818. The number of aliphatic carboxylic acids is 1. The van der Waals surface area contributed by atoms with Gasteiger partial charge in [0.05, 0.1) is 0 Å². The van der Waals surface area contributed by atoms with E-state index in [-0.39, 0.29) is 17.4 Å². The van der Waals surface area contributed by atoms with Gasteiger partial charge in [-0.15, -0.1) is 0 Å². The Kier molecular flexibility index (Phi) is 3.65. The fourth-order valence-corrected chi connectivity index (χ4v) is 2.59. The van der Waals surface area contributed by atoms with E-state index in [2.05, 4.69) is 43.8 Å². The Hall–Kier alpha value is -1.39. The van der Waals surface area contributed by atoms with Gasteiger partial charge >= 0.3 is 5.97 Å². The molecule has 0 aliphatic carbocycles. The summed E-state index contributed by atoms with van der Waals surface area (Å²) >= 11 is 0. The van der Waals surface area contributed by atoms with Crippen LogP contribution < -0.4 is 10.9 Å². The summed E-state index contributed by atoms with van der Waals surface area (Å²) in [7, 11) is 0. The first kappa shape index (κ1) is 14.0. The van der Waals surface area contributed by atoms with Crippen molar-refractivity contribution in [3.63, 3.8) is 0 Å². The standard InChI is InChI=1S/C15H22N2O2/c1-9-12(13(14(18)19)17-16-9)10-5-7-11(8-6-10)15(2,3)4/h5-9,12-13,16-17H,1-4H3,(H,18,19). The van der Waals surface area contributed by atoms with E-state index in [0.29, 0.717) is 0 Å². The van der Waals surface area contributed by atoms with Crippen LogP contribution in [0.25, 0.3) is 0 Å². The molecule has 1 saturated heterocycles. The van der Waals surface area contributed by atoms with Gasteiger partial charge in [0.15, 0.2) is 0 Å². The zero-order valence-electron chi connectivity index (χ0n) is 11.9. The lowest BCUT2D eigenvalue weighted by Gasteiger charge is -2.22. The Morgan fingerprint density at radius 1 is 1.16 bits per heavy atom. The number of nitrogens with one attached hydrogen (secondary N) is 2. The molecule has 3 atom stereocenters. The summed E-state index contributed by atoms with van der Waals surface area (Å²) in [5.74, 6) is -0.867. The third-order valence-corrected chi connectivity index (χ3v) is 3.79. The summed E-state index contributed by atoms with van der Waals surface area (Å²) in [4.78, 5) is 11.3. The molecule has 1 heterocycles. The van der Waals surface area contributed by atoms with Crippen LogP contribution in [0, 0.1) is 0 Å². The molecular weight excluding hydrogens is 240 g/mol. The lowest BCUT2D eigenvalue weighted by atomic mass is 9.83. The largest absolute Gasteiger partial charge is 0.480 e. The topological polar surface area (TPSA) is 61.4 Å². The molecule has 1 aromatic carbocycles. The second-order valence-electron chi connectivity index (χ2n) is 6.29. The van der Waals surface area contributed by atoms with E-state index < -0.39 is 12.0 Å². The highest BCUT2D eigenvalue weighted by atomic mass is 16.4. The summed E-state index contributed by atoms with van der Waals surface area (Å²) in [6.45, 7) is 8.51. The van der Waals surface area contributed by atoms with Crippen LogP contribution in [0.2, 0.25) is 0 Å². The van der Waals surface area contributed by atoms with Crippen molar-refractivity contribution in [3.05, 3.63) is 35.4 Å². The maximum absolute atomic E-state index is 11.3. The van der Waals surface area contributed by atoms with Gasteiger partial charge in [0.1, 0.15) is 6.04 Å².